The number of ether oxygens (including phenoxy) is 1. The molecule has 36 heavy (non-hydrogen) atoms. The fraction of sp³-hybridized carbons (Fsp3) is 0.552. The van der Waals surface area contributed by atoms with Gasteiger partial charge in [0.05, 0.1) is 17.5 Å². The van der Waals surface area contributed by atoms with Gasteiger partial charge < -0.3 is 14.5 Å². The van der Waals surface area contributed by atoms with Gasteiger partial charge in [-0.05, 0) is 50.7 Å². The highest BCUT2D eigenvalue weighted by molar-refractivity contribution is 5.68. The molecule has 1 saturated heterocycles. The summed E-state index contributed by atoms with van der Waals surface area (Å²) in [6.45, 7) is 13.7. The number of aryl methyl sites for hydroxylation is 3. The lowest BCUT2D eigenvalue weighted by Gasteiger charge is -2.40. The van der Waals surface area contributed by atoms with E-state index in [4.69, 9.17) is 19.8 Å². The molecule has 1 aromatic carbocycles. The van der Waals surface area contributed by atoms with Crippen LogP contribution in [0.4, 0.5) is 11.6 Å². The summed E-state index contributed by atoms with van der Waals surface area (Å²) >= 11 is 0. The molecule has 0 spiro atoms. The van der Waals surface area contributed by atoms with Gasteiger partial charge in [-0.1, -0.05) is 32.0 Å². The number of hydrogen-bond acceptors (Lipinski definition) is 6. The zero-order valence-corrected chi connectivity index (χ0v) is 22.9. The first-order valence-electron chi connectivity index (χ1n) is 13.3. The second-order valence-corrected chi connectivity index (χ2v) is 10.9. The monoisotopic (exact) mass is 488 g/mol. The molecule has 0 aliphatic carbocycles. The molecule has 0 saturated carbocycles. The minimum absolute atomic E-state index is 0.312. The summed E-state index contributed by atoms with van der Waals surface area (Å²) in [6, 6.07) is 9.03. The van der Waals surface area contributed by atoms with Crippen molar-refractivity contribution in [2.45, 2.75) is 78.5 Å². The van der Waals surface area contributed by atoms with E-state index in [1.54, 1.807) is 0 Å². The third-order valence-electron chi connectivity index (χ3n) is 7.97. The first-order valence-corrected chi connectivity index (χ1v) is 13.3. The van der Waals surface area contributed by atoms with E-state index in [1.807, 2.05) is 11.8 Å². The highest BCUT2D eigenvalue weighted by Gasteiger charge is 2.32. The van der Waals surface area contributed by atoms with Crippen LogP contribution in [0.1, 0.15) is 67.6 Å². The number of aromatic nitrogens is 4. The van der Waals surface area contributed by atoms with Crippen LogP contribution in [0.5, 0.6) is 0 Å². The molecule has 2 aromatic heterocycles. The van der Waals surface area contributed by atoms with E-state index in [1.165, 1.54) is 28.2 Å². The van der Waals surface area contributed by atoms with E-state index < -0.39 is 0 Å². The Morgan fingerprint density at radius 3 is 2.47 bits per heavy atom. The Morgan fingerprint density at radius 2 is 1.83 bits per heavy atom. The maximum atomic E-state index is 5.72. The van der Waals surface area contributed by atoms with Crippen LogP contribution in [0.25, 0.3) is 11.4 Å². The zero-order chi connectivity index (χ0) is 25.6. The summed E-state index contributed by atoms with van der Waals surface area (Å²) in [5.74, 6) is 3.52. The van der Waals surface area contributed by atoms with Crippen LogP contribution in [0.3, 0.4) is 0 Å². The Balaban J connectivity index is 1.59. The maximum Gasteiger partial charge on any atom is 0.162 e. The molecule has 2 atom stereocenters. The van der Waals surface area contributed by atoms with E-state index >= 15 is 0 Å². The molecule has 5 rings (SSSR count). The van der Waals surface area contributed by atoms with Gasteiger partial charge in [0, 0.05) is 63.4 Å². The van der Waals surface area contributed by atoms with E-state index in [-0.39, 0.29) is 0 Å². The number of nitrogens with zero attached hydrogens (tertiary/aromatic N) is 6. The number of fused-ring (bicyclic) bond motifs is 1. The molecule has 2 aliphatic rings. The molecule has 192 valence electrons. The lowest BCUT2D eigenvalue weighted by atomic mass is 9.97. The molecule has 0 unspecified atom stereocenters. The summed E-state index contributed by atoms with van der Waals surface area (Å²) in [5.41, 5.74) is 7.18. The van der Waals surface area contributed by atoms with Gasteiger partial charge >= 0.3 is 0 Å². The van der Waals surface area contributed by atoms with Crippen molar-refractivity contribution >= 4 is 11.6 Å². The first kappa shape index (κ1) is 24.8. The molecule has 4 heterocycles. The third-order valence-corrected chi connectivity index (χ3v) is 7.97. The van der Waals surface area contributed by atoms with Crippen molar-refractivity contribution in [3.63, 3.8) is 0 Å². The number of anilines is 2. The predicted octanol–water partition coefficient (Wildman–Crippen LogP) is 5.18. The second kappa shape index (κ2) is 9.85. The first-order chi connectivity index (χ1) is 17.3. The Bertz CT molecular complexity index is 1230. The third kappa shape index (κ3) is 4.49. The van der Waals surface area contributed by atoms with E-state index in [9.17, 15) is 0 Å². The average molecular weight is 489 g/mol. The molecule has 0 bridgehead atoms. The molecule has 3 aromatic rings. The SMILES string of the molecule is CO[C@@H]1CCN(c2nc(-c3c(C)cccc3C)nc3c2CN(c2cc(C(C)C)nn2C)CC3)[C@H](C)C1. The lowest BCUT2D eigenvalue weighted by molar-refractivity contribution is 0.0719. The quantitative estimate of drug-likeness (QED) is 0.493. The van der Waals surface area contributed by atoms with Gasteiger partial charge in [-0.3, -0.25) is 4.68 Å². The summed E-state index contributed by atoms with van der Waals surface area (Å²) in [6.07, 6.45) is 3.24. The number of piperidine rings is 1. The Labute approximate surface area is 215 Å². The standard InChI is InChI=1S/C29H40N6O/c1-18(2)25-16-26(33(6)32-25)34-13-12-24-23(17-34)29(35-14-11-22(36-7)15-21(35)5)31-28(30-24)27-19(3)9-8-10-20(27)4/h8-10,16,18,21-22H,11-15,17H2,1-7H3/t21-,22-/m1/s1. The number of benzene rings is 1. The predicted molar refractivity (Wildman–Crippen MR) is 146 cm³/mol. The van der Waals surface area contributed by atoms with Gasteiger partial charge in [-0.2, -0.15) is 5.10 Å². The van der Waals surface area contributed by atoms with Crippen molar-refractivity contribution in [2.24, 2.45) is 7.05 Å². The van der Waals surface area contributed by atoms with Crippen molar-refractivity contribution < 1.29 is 4.74 Å². The van der Waals surface area contributed by atoms with Gasteiger partial charge in [0.25, 0.3) is 0 Å². The molecule has 0 N–H and O–H groups in total. The van der Waals surface area contributed by atoms with Crippen molar-refractivity contribution in [3.8, 4) is 11.4 Å². The lowest BCUT2D eigenvalue weighted by Crippen LogP contribution is -2.45. The van der Waals surface area contributed by atoms with E-state index in [0.29, 0.717) is 18.1 Å². The minimum Gasteiger partial charge on any atom is -0.381 e. The topological polar surface area (TPSA) is 59.3 Å². The Kier molecular flexibility index (Phi) is 6.77. The maximum absolute atomic E-state index is 5.72. The highest BCUT2D eigenvalue weighted by atomic mass is 16.5. The molecule has 7 heteroatoms. The summed E-state index contributed by atoms with van der Waals surface area (Å²) < 4.78 is 7.74. The van der Waals surface area contributed by atoms with Gasteiger partial charge in [-0.25, -0.2) is 9.97 Å². The smallest absolute Gasteiger partial charge is 0.162 e. The molecular formula is C29H40N6O. The number of hydrogen-bond donors (Lipinski definition) is 0. The average Bonchev–Trinajstić information content (AvgIpc) is 3.25. The Morgan fingerprint density at radius 1 is 1.08 bits per heavy atom. The summed E-state index contributed by atoms with van der Waals surface area (Å²) in [4.78, 5) is 15.4. The molecule has 7 nitrogen and oxygen atoms in total. The van der Waals surface area contributed by atoms with Crippen molar-refractivity contribution in [2.75, 3.05) is 30.0 Å². The summed E-state index contributed by atoms with van der Waals surface area (Å²) in [7, 11) is 3.88. The van der Waals surface area contributed by atoms with Crippen LogP contribution in [0.15, 0.2) is 24.3 Å². The van der Waals surface area contributed by atoms with Crippen LogP contribution in [-0.2, 0) is 24.8 Å². The van der Waals surface area contributed by atoms with Crippen LogP contribution < -0.4 is 9.80 Å². The van der Waals surface area contributed by atoms with Crippen LogP contribution in [0.2, 0.25) is 0 Å². The number of rotatable bonds is 5. The Hall–Kier alpha value is -2.93. The molecule has 0 radical (unpaired) electrons. The van der Waals surface area contributed by atoms with E-state index in [0.717, 1.165) is 61.8 Å². The minimum atomic E-state index is 0.312. The van der Waals surface area contributed by atoms with Crippen molar-refractivity contribution in [1.29, 1.82) is 0 Å². The van der Waals surface area contributed by atoms with Gasteiger partial charge in [0.1, 0.15) is 11.6 Å². The molecule has 2 aliphatic heterocycles. The van der Waals surface area contributed by atoms with E-state index in [2.05, 4.69) is 75.7 Å². The van der Waals surface area contributed by atoms with Crippen LogP contribution in [-0.4, -0.2) is 52.1 Å². The van der Waals surface area contributed by atoms with Crippen LogP contribution >= 0.6 is 0 Å². The largest absolute Gasteiger partial charge is 0.381 e. The van der Waals surface area contributed by atoms with Gasteiger partial charge in [-0.15, -0.1) is 0 Å². The van der Waals surface area contributed by atoms with Gasteiger partial charge in [0.15, 0.2) is 5.82 Å². The summed E-state index contributed by atoms with van der Waals surface area (Å²) in [5, 5.41) is 4.78. The normalized spacial score (nSPS) is 20.2. The molecule has 0 amide bonds. The highest BCUT2D eigenvalue weighted by Crippen LogP contribution is 2.36. The van der Waals surface area contributed by atoms with Gasteiger partial charge in [0.2, 0.25) is 0 Å². The zero-order valence-electron chi connectivity index (χ0n) is 22.9. The van der Waals surface area contributed by atoms with Crippen molar-refractivity contribution in [1.82, 2.24) is 19.7 Å². The fourth-order valence-corrected chi connectivity index (χ4v) is 5.82. The molecular weight excluding hydrogens is 448 g/mol. The van der Waals surface area contributed by atoms with Crippen molar-refractivity contribution in [3.05, 3.63) is 52.3 Å². The number of methoxy groups -OCH3 is 1. The second-order valence-electron chi connectivity index (χ2n) is 10.9. The fourth-order valence-electron chi connectivity index (χ4n) is 5.82. The molecule has 1 fully saturated rings. The van der Waals surface area contributed by atoms with Crippen LogP contribution in [0, 0.1) is 13.8 Å².